The standard InChI is InChI=1S/C23H25FN2O3/c1-27-21-11-10-19(22(28-2)23(21)29-3)16-26(14-17-7-6-12-25-13-17)15-18-8-4-5-9-20(18)24/h4-13H,14-16H2,1-3H3. The fraction of sp³-hybridized carbons (Fsp3) is 0.261. The second-order valence-electron chi connectivity index (χ2n) is 6.59. The van der Waals surface area contributed by atoms with Gasteiger partial charge in [0.15, 0.2) is 11.5 Å². The van der Waals surface area contributed by atoms with E-state index in [1.54, 1.807) is 39.7 Å². The minimum atomic E-state index is -0.219. The molecule has 0 unspecified atom stereocenters. The van der Waals surface area contributed by atoms with E-state index in [1.165, 1.54) is 6.07 Å². The van der Waals surface area contributed by atoms with Gasteiger partial charge in [-0.1, -0.05) is 30.3 Å². The molecule has 0 aliphatic heterocycles. The summed E-state index contributed by atoms with van der Waals surface area (Å²) in [6, 6.07) is 14.5. The number of methoxy groups -OCH3 is 3. The second kappa shape index (κ2) is 9.89. The van der Waals surface area contributed by atoms with E-state index in [0.29, 0.717) is 42.4 Å². The molecule has 0 aliphatic rings. The van der Waals surface area contributed by atoms with Crippen molar-refractivity contribution < 1.29 is 18.6 Å². The predicted molar refractivity (Wildman–Crippen MR) is 110 cm³/mol. The van der Waals surface area contributed by atoms with Crippen LogP contribution >= 0.6 is 0 Å². The van der Waals surface area contributed by atoms with E-state index in [-0.39, 0.29) is 5.82 Å². The third-order valence-electron chi connectivity index (χ3n) is 4.66. The third kappa shape index (κ3) is 5.03. The summed E-state index contributed by atoms with van der Waals surface area (Å²) in [5, 5.41) is 0. The van der Waals surface area contributed by atoms with E-state index in [0.717, 1.165) is 11.1 Å². The average molecular weight is 396 g/mol. The highest BCUT2D eigenvalue weighted by atomic mass is 19.1. The van der Waals surface area contributed by atoms with Gasteiger partial charge in [0.1, 0.15) is 5.82 Å². The van der Waals surface area contributed by atoms with Crippen LogP contribution in [0.1, 0.15) is 16.7 Å². The quantitative estimate of drug-likeness (QED) is 0.535. The highest BCUT2D eigenvalue weighted by molar-refractivity contribution is 5.55. The molecule has 0 aliphatic carbocycles. The summed E-state index contributed by atoms with van der Waals surface area (Å²) >= 11 is 0. The van der Waals surface area contributed by atoms with Crippen molar-refractivity contribution in [2.24, 2.45) is 0 Å². The van der Waals surface area contributed by atoms with Gasteiger partial charge in [-0.3, -0.25) is 9.88 Å². The van der Waals surface area contributed by atoms with Gasteiger partial charge in [-0.15, -0.1) is 0 Å². The Kier molecular flexibility index (Phi) is 7.03. The molecule has 152 valence electrons. The molecule has 1 aromatic heterocycles. The smallest absolute Gasteiger partial charge is 0.203 e. The number of hydrogen-bond donors (Lipinski definition) is 0. The Morgan fingerprint density at radius 3 is 2.21 bits per heavy atom. The number of hydrogen-bond acceptors (Lipinski definition) is 5. The van der Waals surface area contributed by atoms with E-state index >= 15 is 0 Å². The number of aromatic nitrogens is 1. The molecule has 6 heteroatoms. The van der Waals surface area contributed by atoms with Crippen LogP contribution in [0.15, 0.2) is 60.9 Å². The van der Waals surface area contributed by atoms with E-state index in [9.17, 15) is 4.39 Å². The van der Waals surface area contributed by atoms with Crippen molar-refractivity contribution in [1.82, 2.24) is 9.88 Å². The van der Waals surface area contributed by atoms with Gasteiger partial charge in [-0.25, -0.2) is 4.39 Å². The molecule has 3 aromatic rings. The zero-order valence-electron chi connectivity index (χ0n) is 16.9. The fourth-order valence-corrected chi connectivity index (χ4v) is 3.31. The van der Waals surface area contributed by atoms with E-state index in [4.69, 9.17) is 14.2 Å². The maximum Gasteiger partial charge on any atom is 0.203 e. The number of rotatable bonds is 9. The number of nitrogens with zero attached hydrogens (tertiary/aromatic N) is 2. The molecule has 0 saturated heterocycles. The number of pyridine rings is 1. The van der Waals surface area contributed by atoms with Crippen LogP contribution in [-0.2, 0) is 19.6 Å². The Balaban J connectivity index is 1.93. The summed E-state index contributed by atoms with van der Waals surface area (Å²) in [6.45, 7) is 1.59. The molecule has 0 spiro atoms. The molecule has 3 rings (SSSR count). The van der Waals surface area contributed by atoms with Crippen LogP contribution in [0.3, 0.4) is 0 Å². The van der Waals surface area contributed by atoms with Crippen molar-refractivity contribution >= 4 is 0 Å². The first kappa shape index (κ1) is 20.6. The van der Waals surface area contributed by atoms with Gasteiger partial charge in [0.2, 0.25) is 5.75 Å². The molecule has 5 nitrogen and oxygen atoms in total. The van der Waals surface area contributed by atoms with Gasteiger partial charge >= 0.3 is 0 Å². The van der Waals surface area contributed by atoms with Crippen LogP contribution in [0.4, 0.5) is 4.39 Å². The van der Waals surface area contributed by atoms with Crippen LogP contribution in [-0.4, -0.2) is 31.2 Å². The Morgan fingerprint density at radius 2 is 1.55 bits per heavy atom. The highest BCUT2D eigenvalue weighted by Gasteiger charge is 2.19. The molecule has 0 radical (unpaired) electrons. The SMILES string of the molecule is COc1ccc(CN(Cc2cccnc2)Cc2ccccc2F)c(OC)c1OC. The molecule has 0 atom stereocenters. The summed E-state index contributed by atoms with van der Waals surface area (Å²) in [4.78, 5) is 6.33. The molecule has 29 heavy (non-hydrogen) atoms. The molecule has 0 N–H and O–H groups in total. The topological polar surface area (TPSA) is 43.8 Å². The third-order valence-corrected chi connectivity index (χ3v) is 4.66. The zero-order chi connectivity index (χ0) is 20.6. The summed E-state index contributed by atoms with van der Waals surface area (Å²) in [6.07, 6.45) is 3.56. The molecule has 2 aromatic carbocycles. The van der Waals surface area contributed by atoms with Gasteiger partial charge in [0, 0.05) is 43.2 Å². The van der Waals surface area contributed by atoms with Crippen molar-refractivity contribution in [2.45, 2.75) is 19.6 Å². The molecule has 0 bridgehead atoms. The van der Waals surface area contributed by atoms with Crippen LogP contribution in [0, 0.1) is 5.82 Å². The summed E-state index contributed by atoms with van der Waals surface area (Å²) < 4.78 is 30.8. The van der Waals surface area contributed by atoms with Crippen LogP contribution < -0.4 is 14.2 Å². The van der Waals surface area contributed by atoms with E-state index in [1.807, 2.05) is 36.5 Å². The van der Waals surface area contributed by atoms with Gasteiger partial charge in [-0.2, -0.15) is 0 Å². The first-order valence-corrected chi connectivity index (χ1v) is 9.28. The lowest BCUT2D eigenvalue weighted by Crippen LogP contribution is -2.23. The Bertz CT molecular complexity index is 935. The molecule has 0 fully saturated rings. The lowest BCUT2D eigenvalue weighted by molar-refractivity contribution is 0.238. The molecule has 0 amide bonds. The first-order chi connectivity index (χ1) is 14.2. The summed E-state index contributed by atoms with van der Waals surface area (Å²) in [5.74, 6) is 1.53. The normalized spacial score (nSPS) is 10.8. The van der Waals surface area contributed by atoms with Gasteiger partial charge in [0.25, 0.3) is 0 Å². The van der Waals surface area contributed by atoms with E-state index in [2.05, 4.69) is 9.88 Å². The Labute approximate surface area is 170 Å². The lowest BCUT2D eigenvalue weighted by Gasteiger charge is -2.25. The maximum absolute atomic E-state index is 14.3. The van der Waals surface area contributed by atoms with Gasteiger partial charge in [0.05, 0.1) is 21.3 Å². The van der Waals surface area contributed by atoms with Crippen molar-refractivity contribution in [3.63, 3.8) is 0 Å². The lowest BCUT2D eigenvalue weighted by atomic mass is 10.1. The largest absolute Gasteiger partial charge is 0.493 e. The van der Waals surface area contributed by atoms with Gasteiger partial charge in [-0.05, 0) is 23.8 Å². The van der Waals surface area contributed by atoms with E-state index < -0.39 is 0 Å². The summed E-state index contributed by atoms with van der Waals surface area (Å²) in [7, 11) is 4.77. The monoisotopic (exact) mass is 396 g/mol. The van der Waals surface area contributed by atoms with Crippen molar-refractivity contribution in [3.05, 3.63) is 83.4 Å². The average Bonchev–Trinajstić information content (AvgIpc) is 2.75. The summed E-state index contributed by atoms with van der Waals surface area (Å²) in [5.41, 5.74) is 2.60. The maximum atomic E-state index is 14.3. The molecular formula is C23H25FN2O3. The molecular weight excluding hydrogens is 371 g/mol. The number of benzene rings is 2. The Morgan fingerprint density at radius 1 is 0.793 bits per heavy atom. The zero-order valence-corrected chi connectivity index (χ0v) is 16.9. The number of ether oxygens (including phenoxy) is 3. The van der Waals surface area contributed by atoms with Crippen LogP contribution in [0.25, 0.3) is 0 Å². The second-order valence-corrected chi connectivity index (χ2v) is 6.59. The van der Waals surface area contributed by atoms with Gasteiger partial charge < -0.3 is 14.2 Å². The van der Waals surface area contributed by atoms with Crippen LogP contribution in [0.5, 0.6) is 17.2 Å². The van der Waals surface area contributed by atoms with Crippen molar-refractivity contribution in [3.8, 4) is 17.2 Å². The minimum Gasteiger partial charge on any atom is -0.493 e. The van der Waals surface area contributed by atoms with Crippen LogP contribution in [0.2, 0.25) is 0 Å². The Hall–Kier alpha value is -3.12. The van der Waals surface area contributed by atoms with Crippen molar-refractivity contribution in [2.75, 3.05) is 21.3 Å². The number of halogens is 1. The first-order valence-electron chi connectivity index (χ1n) is 9.28. The fourth-order valence-electron chi connectivity index (χ4n) is 3.31. The van der Waals surface area contributed by atoms with Crippen molar-refractivity contribution in [1.29, 1.82) is 0 Å². The molecule has 0 saturated carbocycles. The highest BCUT2D eigenvalue weighted by Crippen LogP contribution is 2.40. The minimum absolute atomic E-state index is 0.219. The predicted octanol–water partition coefficient (Wildman–Crippen LogP) is 4.45. The molecule has 1 heterocycles.